The number of ether oxygens (including phenoxy) is 1. The number of anilines is 1. The fourth-order valence-corrected chi connectivity index (χ4v) is 3.26. The Morgan fingerprint density at radius 2 is 1.71 bits per heavy atom. The quantitative estimate of drug-likeness (QED) is 0.444. The number of nitrogens with zero attached hydrogens (tertiary/aromatic N) is 3. The summed E-state index contributed by atoms with van der Waals surface area (Å²) >= 11 is 0. The van der Waals surface area contributed by atoms with Crippen molar-refractivity contribution in [3.63, 3.8) is 0 Å². The summed E-state index contributed by atoms with van der Waals surface area (Å²) in [4.78, 5) is 17.3. The third-order valence-corrected chi connectivity index (χ3v) is 4.82. The lowest BCUT2D eigenvalue weighted by molar-refractivity contribution is 0.101. The van der Waals surface area contributed by atoms with E-state index in [0.29, 0.717) is 17.3 Å². The van der Waals surface area contributed by atoms with Crippen molar-refractivity contribution in [2.24, 2.45) is 0 Å². The highest BCUT2D eigenvalue weighted by molar-refractivity contribution is 6.04. The minimum atomic E-state index is -0.360. The van der Waals surface area contributed by atoms with Crippen LogP contribution in [0.2, 0.25) is 0 Å². The number of fused-ring (bicyclic) bond motifs is 1. The molecule has 7 nitrogen and oxygen atoms in total. The number of hydrogen-bond acceptors (Lipinski definition) is 5. The molecule has 0 spiro atoms. The van der Waals surface area contributed by atoms with Gasteiger partial charge in [-0.2, -0.15) is 5.10 Å². The van der Waals surface area contributed by atoms with Gasteiger partial charge >= 0.3 is 0 Å². The number of carbonyl (C=O) groups is 1. The Morgan fingerprint density at radius 3 is 2.45 bits per heavy atom. The van der Waals surface area contributed by atoms with Gasteiger partial charge < -0.3 is 14.5 Å². The Balaban J connectivity index is 1.36. The smallest absolute Gasteiger partial charge is 0.280 e. The maximum absolute atomic E-state index is 12.8. The van der Waals surface area contributed by atoms with Crippen LogP contribution in [0.5, 0.6) is 5.75 Å². The highest BCUT2D eigenvalue weighted by Gasteiger charge is 2.19. The molecule has 0 aliphatic carbocycles. The molecule has 1 amide bonds. The zero-order valence-electron chi connectivity index (χ0n) is 16.6. The third kappa shape index (κ3) is 3.64. The summed E-state index contributed by atoms with van der Waals surface area (Å²) in [6, 6.07) is 24.4. The molecule has 0 unspecified atom stereocenters. The molecule has 0 saturated heterocycles. The molecule has 0 bridgehead atoms. The lowest BCUT2D eigenvalue weighted by Gasteiger charge is -2.05. The summed E-state index contributed by atoms with van der Waals surface area (Å²) in [7, 11) is 1.51. The molecule has 3 aromatic carbocycles. The van der Waals surface area contributed by atoms with Crippen LogP contribution in [0.3, 0.4) is 0 Å². The lowest BCUT2D eigenvalue weighted by Crippen LogP contribution is -2.14. The summed E-state index contributed by atoms with van der Waals surface area (Å²) in [5.74, 6) is 0.563. The van der Waals surface area contributed by atoms with E-state index < -0.39 is 0 Å². The molecular formula is C24H18N4O3. The summed E-state index contributed by atoms with van der Waals surface area (Å²) in [6.07, 6.45) is 1.68. The molecule has 1 N–H and O–H groups in total. The van der Waals surface area contributed by atoms with Crippen LogP contribution >= 0.6 is 0 Å². The van der Waals surface area contributed by atoms with Crippen molar-refractivity contribution in [1.82, 2.24) is 14.8 Å². The van der Waals surface area contributed by atoms with Crippen LogP contribution in [-0.4, -0.2) is 27.8 Å². The molecule has 2 heterocycles. The van der Waals surface area contributed by atoms with Crippen LogP contribution in [0.15, 0.2) is 89.5 Å². The second-order valence-corrected chi connectivity index (χ2v) is 6.84. The number of benzene rings is 3. The predicted octanol–water partition coefficient (Wildman–Crippen LogP) is 4.94. The Morgan fingerprint density at radius 1 is 0.968 bits per heavy atom. The largest absolute Gasteiger partial charge is 0.493 e. The van der Waals surface area contributed by atoms with E-state index in [-0.39, 0.29) is 11.6 Å². The second kappa shape index (κ2) is 7.79. The van der Waals surface area contributed by atoms with Crippen LogP contribution < -0.4 is 10.1 Å². The summed E-state index contributed by atoms with van der Waals surface area (Å²) in [6.45, 7) is 0. The highest BCUT2D eigenvalue weighted by atomic mass is 16.5. The van der Waals surface area contributed by atoms with Crippen LogP contribution in [0.25, 0.3) is 28.2 Å². The van der Waals surface area contributed by atoms with Gasteiger partial charge in [-0.25, -0.2) is 9.67 Å². The van der Waals surface area contributed by atoms with E-state index in [2.05, 4.69) is 15.4 Å². The monoisotopic (exact) mass is 410 g/mol. The summed E-state index contributed by atoms with van der Waals surface area (Å²) < 4.78 is 12.8. The summed E-state index contributed by atoms with van der Waals surface area (Å²) in [5.41, 5.74) is 4.02. The number of hydrogen-bond donors (Lipinski definition) is 1. The van der Waals surface area contributed by atoms with Crippen LogP contribution in [0, 0.1) is 0 Å². The molecule has 2 aromatic heterocycles. The maximum atomic E-state index is 12.8. The first kappa shape index (κ1) is 18.6. The summed E-state index contributed by atoms with van der Waals surface area (Å²) in [5, 5.41) is 7.25. The average Bonchev–Trinajstić information content (AvgIpc) is 3.45. The van der Waals surface area contributed by atoms with Gasteiger partial charge in [0.15, 0.2) is 17.0 Å². The molecule has 0 aliphatic heterocycles. The Kier molecular flexibility index (Phi) is 4.68. The minimum absolute atomic E-state index is 0.203. The number of para-hydroxylation sites is 3. The number of rotatable bonds is 5. The zero-order valence-corrected chi connectivity index (χ0v) is 16.6. The molecule has 0 aliphatic rings. The number of methoxy groups -OCH3 is 1. The van der Waals surface area contributed by atoms with E-state index >= 15 is 0 Å². The van der Waals surface area contributed by atoms with E-state index in [1.54, 1.807) is 23.0 Å². The predicted molar refractivity (Wildman–Crippen MR) is 118 cm³/mol. The fourth-order valence-electron chi connectivity index (χ4n) is 3.26. The van der Waals surface area contributed by atoms with Gasteiger partial charge in [-0.05, 0) is 48.5 Å². The van der Waals surface area contributed by atoms with Crippen molar-refractivity contribution >= 4 is 22.7 Å². The first-order valence-corrected chi connectivity index (χ1v) is 9.68. The van der Waals surface area contributed by atoms with Gasteiger partial charge in [-0.1, -0.05) is 30.3 Å². The molecule has 0 radical (unpaired) electrons. The first-order chi connectivity index (χ1) is 15.2. The average molecular weight is 410 g/mol. The van der Waals surface area contributed by atoms with Crippen LogP contribution in [0.1, 0.15) is 10.5 Å². The van der Waals surface area contributed by atoms with Gasteiger partial charge in [0.05, 0.1) is 19.0 Å². The van der Waals surface area contributed by atoms with Crippen molar-refractivity contribution in [1.29, 1.82) is 0 Å². The molecule has 7 heteroatoms. The number of aromatic nitrogens is 3. The van der Waals surface area contributed by atoms with E-state index in [0.717, 1.165) is 22.4 Å². The van der Waals surface area contributed by atoms with Crippen LogP contribution in [-0.2, 0) is 0 Å². The van der Waals surface area contributed by atoms with Gasteiger partial charge in [-0.3, -0.25) is 4.79 Å². The molecule has 31 heavy (non-hydrogen) atoms. The van der Waals surface area contributed by atoms with Gasteiger partial charge in [0.25, 0.3) is 5.91 Å². The molecular weight excluding hydrogens is 392 g/mol. The van der Waals surface area contributed by atoms with Gasteiger partial charge in [-0.15, -0.1) is 0 Å². The second-order valence-electron chi connectivity index (χ2n) is 6.84. The first-order valence-electron chi connectivity index (χ1n) is 9.68. The standard InChI is InChI=1S/C24H18N4O3/c1-30-21-15-28(18-7-3-2-4-8-18)27-22(21)23(29)25-17-13-11-16(12-14-17)24-26-19-9-5-6-10-20(19)31-24/h2-15H,1H3,(H,25,29). The SMILES string of the molecule is COc1cn(-c2ccccc2)nc1C(=O)Nc1ccc(-c2nc3ccccc3o2)cc1. The van der Waals surface area contributed by atoms with Gasteiger partial charge in [0.1, 0.15) is 5.52 Å². The maximum Gasteiger partial charge on any atom is 0.280 e. The van der Waals surface area contributed by atoms with Crippen LogP contribution in [0.4, 0.5) is 5.69 Å². The zero-order chi connectivity index (χ0) is 21.2. The van der Waals surface area contributed by atoms with Crippen molar-refractivity contribution in [3.8, 4) is 22.9 Å². The van der Waals surface area contributed by atoms with Crippen molar-refractivity contribution in [3.05, 3.63) is 90.8 Å². The van der Waals surface area contributed by atoms with Crippen molar-refractivity contribution < 1.29 is 13.9 Å². The van der Waals surface area contributed by atoms with E-state index in [1.807, 2.05) is 66.7 Å². The number of nitrogens with one attached hydrogen (secondary N) is 1. The normalized spacial score (nSPS) is 10.9. The highest BCUT2D eigenvalue weighted by Crippen LogP contribution is 2.26. The minimum Gasteiger partial charge on any atom is -0.493 e. The number of oxazole rings is 1. The lowest BCUT2D eigenvalue weighted by atomic mass is 10.2. The molecule has 0 fully saturated rings. The van der Waals surface area contributed by atoms with Gasteiger partial charge in [0.2, 0.25) is 5.89 Å². The Labute approximate surface area is 177 Å². The molecule has 152 valence electrons. The van der Waals surface area contributed by atoms with E-state index in [4.69, 9.17) is 9.15 Å². The van der Waals surface area contributed by atoms with Crippen molar-refractivity contribution in [2.45, 2.75) is 0 Å². The molecule has 5 rings (SSSR count). The Bertz CT molecular complexity index is 1320. The molecule has 0 saturated carbocycles. The number of amides is 1. The molecule has 0 atom stereocenters. The topological polar surface area (TPSA) is 82.2 Å². The van der Waals surface area contributed by atoms with Crippen molar-refractivity contribution in [2.75, 3.05) is 12.4 Å². The fraction of sp³-hybridized carbons (Fsp3) is 0.0417. The number of carbonyl (C=O) groups excluding carboxylic acids is 1. The van der Waals surface area contributed by atoms with E-state index in [1.165, 1.54) is 7.11 Å². The Hall–Kier alpha value is -4.39. The third-order valence-electron chi connectivity index (χ3n) is 4.82. The van der Waals surface area contributed by atoms with Gasteiger partial charge in [0, 0.05) is 11.3 Å². The molecule has 5 aromatic rings. The van der Waals surface area contributed by atoms with E-state index in [9.17, 15) is 4.79 Å².